The van der Waals surface area contributed by atoms with Crippen molar-refractivity contribution >= 4 is 10.3 Å². The number of rotatable bonds is 5. The average Bonchev–Trinajstić information content (AvgIpc) is 2.15. The second-order valence-electron chi connectivity index (χ2n) is 3.23. The smallest absolute Gasteiger partial charge is 0.325 e. The molecule has 0 amide bonds. The van der Waals surface area contributed by atoms with Gasteiger partial charge in [0.05, 0.1) is 6.61 Å². The van der Waals surface area contributed by atoms with Crippen molar-refractivity contribution in [1.29, 1.82) is 0 Å². The van der Waals surface area contributed by atoms with E-state index in [2.05, 4.69) is 9.32 Å². The van der Waals surface area contributed by atoms with Crippen LogP contribution in [0, 0.1) is 0 Å². The maximum Gasteiger partial charge on any atom is 0.333 e. The lowest BCUT2D eigenvalue weighted by Crippen LogP contribution is -2.31. The van der Waals surface area contributed by atoms with Crippen LogP contribution in [0.2, 0.25) is 0 Å². The highest BCUT2D eigenvalue weighted by Crippen LogP contribution is 2.02. The zero-order valence-electron chi connectivity index (χ0n) is 8.17. The van der Waals surface area contributed by atoms with Crippen molar-refractivity contribution in [3.63, 3.8) is 0 Å². The van der Waals surface area contributed by atoms with E-state index in [-0.39, 0.29) is 12.6 Å². The van der Waals surface area contributed by atoms with E-state index >= 15 is 0 Å². The summed E-state index contributed by atoms with van der Waals surface area (Å²) in [7, 11) is -3.89. The van der Waals surface area contributed by atoms with Crippen molar-refractivity contribution in [3.05, 3.63) is 35.9 Å². The van der Waals surface area contributed by atoms with E-state index in [9.17, 15) is 8.42 Å². The summed E-state index contributed by atoms with van der Waals surface area (Å²) in [5, 5.41) is 4.67. The van der Waals surface area contributed by atoms with Gasteiger partial charge in [-0.25, -0.2) is 5.14 Å². The largest absolute Gasteiger partial charge is 0.333 e. The topological polar surface area (TPSA) is 95.4 Å². The van der Waals surface area contributed by atoms with Crippen LogP contribution >= 0.6 is 0 Å². The average molecular weight is 230 g/mol. The summed E-state index contributed by atoms with van der Waals surface area (Å²) in [6.07, 6.45) is 0.552. The molecule has 0 heterocycles. The van der Waals surface area contributed by atoms with E-state index < -0.39 is 10.3 Å². The van der Waals surface area contributed by atoms with Crippen LogP contribution in [0.15, 0.2) is 30.3 Å². The third-order valence-corrected chi connectivity index (χ3v) is 2.25. The van der Waals surface area contributed by atoms with Gasteiger partial charge in [0.2, 0.25) is 0 Å². The van der Waals surface area contributed by atoms with Crippen LogP contribution < -0.4 is 10.9 Å². The standard InChI is InChI=1S/C9H14N2O3S/c10-9(7-14-15(11,12)13)6-8-4-2-1-3-5-8/h1-5,9H,6-7,10H2,(H2,11,12,13)/t9-/m1/s1. The fraction of sp³-hybridized carbons (Fsp3) is 0.333. The number of nitrogens with two attached hydrogens (primary N) is 2. The highest BCUT2D eigenvalue weighted by Gasteiger charge is 2.08. The molecule has 6 heteroatoms. The molecule has 0 aliphatic rings. The molecule has 0 fully saturated rings. The van der Waals surface area contributed by atoms with Crippen LogP contribution in [0.25, 0.3) is 0 Å². The minimum Gasteiger partial charge on any atom is -0.325 e. The first-order valence-corrected chi connectivity index (χ1v) is 5.91. The molecule has 4 N–H and O–H groups in total. The third kappa shape index (κ3) is 5.48. The minimum absolute atomic E-state index is 0.103. The van der Waals surface area contributed by atoms with Gasteiger partial charge >= 0.3 is 10.3 Å². The summed E-state index contributed by atoms with van der Waals surface area (Å²) in [6.45, 7) is -0.103. The molecular weight excluding hydrogens is 216 g/mol. The molecule has 0 spiro atoms. The molecule has 0 radical (unpaired) electrons. The van der Waals surface area contributed by atoms with Crippen molar-refractivity contribution in [3.8, 4) is 0 Å². The first-order valence-electron chi connectivity index (χ1n) is 4.44. The highest BCUT2D eigenvalue weighted by atomic mass is 32.2. The molecule has 0 bridgehead atoms. The van der Waals surface area contributed by atoms with Gasteiger partial charge in [-0.15, -0.1) is 0 Å². The Morgan fingerprint density at radius 3 is 2.40 bits per heavy atom. The Morgan fingerprint density at radius 2 is 1.87 bits per heavy atom. The van der Waals surface area contributed by atoms with Gasteiger partial charge in [-0.2, -0.15) is 8.42 Å². The van der Waals surface area contributed by atoms with E-state index in [1.165, 1.54) is 0 Å². The van der Waals surface area contributed by atoms with Gasteiger partial charge in [-0.1, -0.05) is 30.3 Å². The van der Waals surface area contributed by atoms with Crippen molar-refractivity contribution in [2.45, 2.75) is 12.5 Å². The van der Waals surface area contributed by atoms with Gasteiger partial charge in [0.25, 0.3) is 0 Å². The van der Waals surface area contributed by atoms with Crippen LogP contribution in [0.4, 0.5) is 0 Å². The fourth-order valence-corrected chi connectivity index (χ4v) is 1.52. The SMILES string of the molecule is N[C@@H](COS(N)(=O)=O)Cc1ccccc1. The summed E-state index contributed by atoms with van der Waals surface area (Å²) in [6, 6.07) is 9.12. The summed E-state index contributed by atoms with van der Waals surface area (Å²) in [4.78, 5) is 0. The highest BCUT2D eigenvalue weighted by molar-refractivity contribution is 7.84. The molecule has 15 heavy (non-hydrogen) atoms. The summed E-state index contributed by atoms with van der Waals surface area (Å²) in [5.74, 6) is 0. The predicted molar refractivity (Wildman–Crippen MR) is 57.2 cm³/mol. The van der Waals surface area contributed by atoms with Gasteiger partial charge in [0.1, 0.15) is 0 Å². The normalized spacial score (nSPS) is 13.7. The summed E-state index contributed by atoms with van der Waals surface area (Å²) >= 11 is 0. The van der Waals surface area contributed by atoms with E-state index in [4.69, 9.17) is 5.73 Å². The maximum atomic E-state index is 10.5. The maximum absolute atomic E-state index is 10.5. The van der Waals surface area contributed by atoms with E-state index in [0.717, 1.165) is 5.56 Å². The van der Waals surface area contributed by atoms with Gasteiger partial charge in [0, 0.05) is 6.04 Å². The fourth-order valence-electron chi connectivity index (χ4n) is 1.16. The van der Waals surface area contributed by atoms with Crippen molar-refractivity contribution in [2.24, 2.45) is 10.9 Å². The molecule has 0 aliphatic carbocycles. The molecule has 0 aromatic heterocycles. The van der Waals surface area contributed by atoms with E-state index in [1.807, 2.05) is 30.3 Å². The van der Waals surface area contributed by atoms with Crippen molar-refractivity contribution in [1.82, 2.24) is 0 Å². The van der Waals surface area contributed by atoms with Crippen LogP contribution in [-0.2, 0) is 20.9 Å². The Labute approximate surface area is 89.3 Å². The zero-order chi connectivity index (χ0) is 11.3. The van der Waals surface area contributed by atoms with Crippen LogP contribution in [-0.4, -0.2) is 21.1 Å². The van der Waals surface area contributed by atoms with Crippen LogP contribution in [0.5, 0.6) is 0 Å². The Balaban J connectivity index is 2.40. The molecule has 1 rings (SSSR count). The molecule has 1 aromatic carbocycles. The lowest BCUT2D eigenvalue weighted by Gasteiger charge is -2.10. The lowest BCUT2D eigenvalue weighted by atomic mass is 10.1. The van der Waals surface area contributed by atoms with Gasteiger partial charge in [-0.05, 0) is 12.0 Å². The first kappa shape index (κ1) is 12.1. The summed E-state index contributed by atoms with van der Waals surface area (Å²) < 4.78 is 25.4. The summed E-state index contributed by atoms with van der Waals surface area (Å²) in [5.41, 5.74) is 6.70. The molecule has 1 atom stereocenters. The van der Waals surface area contributed by atoms with Gasteiger partial charge < -0.3 is 5.73 Å². The van der Waals surface area contributed by atoms with E-state index in [0.29, 0.717) is 6.42 Å². The lowest BCUT2D eigenvalue weighted by molar-refractivity contribution is 0.291. The molecule has 0 saturated carbocycles. The van der Waals surface area contributed by atoms with Gasteiger partial charge in [-0.3, -0.25) is 4.18 Å². The predicted octanol–water partition coefficient (Wildman–Crippen LogP) is -0.223. The minimum atomic E-state index is -3.89. The van der Waals surface area contributed by atoms with Crippen LogP contribution in [0.3, 0.4) is 0 Å². The quantitative estimate of drug-likeness (QED) is 0.730. The Kier molecular flexibility index (Phi) is 4.22. The Morgan fingerprint density at radius 1 is 1.27 bits per heavy atom. The molecular formula is C9H14N2O3S. The van der Waals surface area contributed by atoms with Crippen molar-refractivity contribution in [2.75, 3.05) is 6.61 Å². The van der Waals surface area contributed by atoms with Gasteiger partial charge in [0.15, 0.2) is 0 Å². The van der Waals surface area contributed by atoms with Crippen LogP contribution in [0.1, 0.15) is 5.56 Å². The molecule has 0 saturated heterocycles. The number of hydrogen-bond donors (Lipinski definition) is 2. The zero-order valence-corrected chi connectivity index (χ0v) is 8.98. The molecule has 0 aliphatic heterocycles. The molecule has 0 unspecified atom stereocenters. The van der Waals surface area contributed by atoms with E-state index in [1.54, 1.807) is 0 Å². The number of benzene rings is 1. The number of hydrogen-bond acceptors (Lipinski definition) is 4. The molecule has 84 valence electrons. The molecule has 1 aromatic rings. The second-order valence-corrected chi connectivity index (χ2v) is 4.45. The first-order chi connectivity index (χ1) is 6.97. The Bertz CT molecular complexity index is 391. The molecule has 5 nitrogen and oxygen atoms in total. The third-order valence-electron chi connectivity index (χ3n) is 1.79. The Hall–Kier alpha value is -0.950. The van der Waals surface area contributed by atoms with Crippen molar-refractivity contribution < 1.29 is 12.6 Å². The monoisotopic (exact) mass is 230 g/mol. The second kappa shape index (κ2) is 5.22.